The van der Waals surface area contributed by atoms with Gasteiger partial charge in [0.05, 0.1) is 12.2 Å². The van der Waals surface area contributed by atoms with E-state index in [1.807, 2.05) is 13.8 Å². The van der Waals surface area contributed by atoms with Crippen LogP contribution in [0, 0.1) is 0 Å². The Morgan fingerprint density at radius 3 is 2.29 bits per heavy atom. The fourth-order valence-corrected chi connectivity index (χ4v) is 3.12. The van der Waals surface area contributed by atoms with E-state index in [0.29, 0.717) is 13.2 Å². The van der Waals surface area contributed by atoms with Crippen molar-refractivity contribution in [2.24, 2.45) is 0 Å². The highest BCUT2D eigenvalue weighted by atomic mass is 16.8. The van der Waals surface area contributed by atoms with Crippen LogP contribution in [-0.4, -0.2) is 30.6 Å². The minimum absolute atomic E-state index is 0.00646. The van der Waals surface area contributed by atoms with Gasteiger partial charge in [-0.25, -0.2) is 0 Å². The van der Waals surface area contributed by atoms with Crippen LogP contribution in [0.25, 0.3) is 0 Å². The lowest BCUT2D eigenvalue weighted by molar-refractivity contribution is -0.168. The van der Waals surface area contributed by atoms with E-state index in [9.17, 15) is 0 Å². The Balaban J connectivity index is 2.13. The summed E-state index contributed by atoms with van der Waals surface area (Å²) < 4.78 is 11.6. The van der Waals surface area contributed by atoms with Gasteiger partial charge in [0.2, 0.25) is 0 Å². The van der Waals surface area contributed by atoms with Gasteiger partial charge >= 0.3 is 0 Å². The molecule has 2 unspecified atom stereocenters. The number of rotatable bonds is 18. The molecule has 162 valence electrons. The third-order valence-corrected chi connectivity index (χ3v) is 4.99. The molecule has 2 N–H and O–H groups in total. The lowest BCUT2D eigenvalue weighted by Gasteiger charge is -2.17. The van der Waals surface area contributed by atoms with E-state index in [1.54, 1.807) is 5.64 Å². The molecule has 0 aromatic heterocycles. The van der Waals surface area contributed by atoms with E-state index < -0.39 is 0 Å². The molecule has 1 aromatic carbocycles. The van der Waals surface area contributed by atoms with Crippen molar-refractivity contribution >= 4 is 0 Å². The highest BCUT2D eigenvalue weighted by molar-refractivity contribution is 5.27. The average molecular weight is 396 g/mol. The molecule has 0 fully saturated rings. The normalized spacial score (nSPS) is 13.4. The van der Waals surface area contributed by atoms with Crippen LogP contribution in [0.15, 0.2) is 24.3 Å². The quantitative estimate of drug-likeness (QED) is 0.241. The van der Waals surface area contributed by atoms with Crippen molar-refractivity contribution in [3.63, 3.8) is 0 Å². The molecule has 0 aliphatic carbocycles. The Morgan fingerprint density at radius 1 is 0.964 bits per heavy atom. The van der Waals surface area contributed by atoms with E-state index in [2.05, 4.69) is 31.2 Å². The monoisotopic (exact) mass is 395 g/mol. The van der Waals surface area contributed by atoms with Crippen LogP contribution in [0.2, 0.25) is 0 Å². The van der Waals surface area contributed by atoms with Crippen molar-refractivity contribution in [1.82, 2.24) is 5.64 Å². The fourth-order valence-electron chi connectivity index (χ4n) is 3.12. The molecule has 0 amide bonds. The summed E-state index contributed by atoms with van der Waals surface area (Å²) >= 11 is 0. The molecule has 1 aromatic rings. The maximum absolute atomic E-state index is 8.57. The highest BCUT2D eigenvalue weighted by Crippen LogP contribution is 2.16. The van der Waals surface area contributed by atoms with Crippen LogP contribution < -0.4 is 10.4 Å². The third-order valence-electron chi connectivity index (χ3n) is 4.99. The van der Waals surface area contributed by atoms with E-state index in [-0.39, 0.29) is 12.2 Å². The molecule has 0 saturated carbocycles. The molecule has 0 radical (unpaired) electrons. The first kappa shape index (κ1) is 24.9. The van der Waals surface area contributed by atoms with Crippen molar-refractivity contribution in [2.45, 2.75) is 97.2 Å². The molecule has 0 saturated heterocycles. The fraction of sp³-hybridized carbons (Fsp3) is 0.739. The zero-order valence-electron chi connectivity index (χ0n) is 18.1. The second kappa shape index (κ2) is 16.8. The van der Waals surface area contributed by atoms with Gasteiger partial charge in [0, 0.05) is 6.61 Å². The zero-order chi connectivity index (χ0) is 20.5. The van der Waals surface area contributed by atoms with E-state index in [1.165, 1.54) is 50.5 Å². The van der Waals surface area contributed by atoms with E-state index in [4.69, 9.17) is 19.5 Å². The minimum Gasteiger partial charge on any atom is -0.491 e. The maximum atomic E-state index is 8.57. The number of ether oxygens (including phenoxy) is 2. The number of benzene rings is 1. The van der Waals surface area contributed by atoms with Gasteiger partial charge in [-0.15, -0.1) is 0 Å². The maximum Gasteiger partial charge on any atom is 0.119 e. The highest BCUT2D eigenvalue weighted by Gasteiger charge is 2.09. The second-order valence-corrected chi connectivity index (χ2v) is 7.54. The van der Waals surface area contributed by atoms with Gasteiger partial charge in [0.15, 0.2) is 0 Å². The summed E-state index contributed by atoms with van der Waals surface area (Å²) in [6, 6.07) is 8.44. The first-order valence-electron chi connectivity index (χ1n) is 11.1. The summed E-state index contributed by atoms with van der Waals surface area (Å²) in [7, 11) is 0. The predicted molar refractivity (Wildman–Crippen MR) is 114 cm³/mol. The molecule has 0 bridgehead atoms. The molecular formula is C23H41NO4. The van der Waals surface area contributed by atoms with E-state index in [0.717, 1.165) is 25.0 Å². The molecule has 5 heteroatoms. The van der Waals surface area contributed by atoms with Crippen LogP contribution in [-0.2, 0) is 16.0 Å². The van der Waals surface area contributed by atoms with Crippen molar-refractivity contribution in [1.29, 1.82) is 0 Å². The zero-order valence-corrected chi connectivity index (χ0v) is 18.1. The molecular weight excluding hydrogens is 354 g/mol. The molecule has 0 aliphatic rings. The van der Waals surface area contributed by atoms with Crippen molar-refractivity contribution < 1.29 is 19.5 Å². The Bertz CT molecular complexity index is 466. The summed E-state index contributed by atoms with van der Waals surface area (Å²) in [6.07, 6.45) is 12.1. The number of hydrogen-bond donors (Lipinski definition) is 2. The van der Waals surface area contributed by atoms with Gasteiger partial charge in [-0.3, -0.25) is 10.0 Å². The lowest BCUT2D eigenvalue weighted by atomic mass is 10.0. The van der Waals surface area contributed by atoms with Gasteiger partial charge in [-0.2, -0.15) is 0 Å². The third kappa shape index (κ3) is 12.3. The number of hydrogen-bond acceptors (Lipinski definition) is 5. The summed E-state index contributed by atoms with van der Waals surface area (Å²) in [5.41, 5.74) is 3.14. The molecule has 5 nitrogen and oxygen atoms in total. The number of unbranched alkanes of at least 4 members (excludes halogenated alkanes) is 6. The van der Waals surface area contributed by atoms with Crippen LogP contribution in [0.4, 0.5) is 0 Å². The average Bonchev–Trinajstić information content (AvgIpc) is 2.71. The summed E-state index contributed by atoms with van der Waals surface area (Å²) in [5.74, 6) is 0.887. The summed E-state index contributed by atoms with van der Waals surface area (Å²) in [5, 5.41) is 8.57. The first-order valence-corrected chi connectivity index (χ1v) is 11.1. The van der Waals surface area contributed by atoms with E-state index >= 15 is 0 Å². The topological polar surface area (TPSA) is 60.0 Å². The van der Waals surface area contributed by atoms with Gasteiger partial charge in [-0.1, -0.05) is 70.1 Å². The molecule has 28 heavy (non-hydrogen) atoms. The largest absolute Gasteiger partial charge is 0.491 e. The van der Waals surface area contributed by atoms with Crippen molar-refractivity contribution in [2.75, 3.05) is 13.2 Å². The lowest BCUT2D eigenvalue weighted by Crippen LogP contribution is -2.24. The standard InChI is InChI=1S/C23H41NO4/c1-4-6-7-8-9-10-11-12-21-13-15-23(16-14-21)27-19-20(3)26-18-17-22(5-2)28-24-25/h13-16,20,22,24-25H,4-12,17-19H2,1-3H3. The van der Waals surface area contributed by atoms with Crippen LogP contribution in [0.5, 0.6) is 5.75 Å². The van der Waals surface area contributed by atoms with Gasteiger partial charge < -0.3 is 9.47 Å². The Labute approximate surface area is 171 Å². The van der Waals surface area contributed by atoms with Crippen LogP contribution >= 0.6 is 0 Å². The molecule has 2 atom stereocenters. The van der Waals surface area contributed by atoms with Gasteiger partial charge in [0.25, 0.3) is 0 Å². The van der Waals surface area contributed by atoms with Crippen molar-refractivity contribution in [3.05, 3.63) is 29.8 Å². The van der Waals surface area contributed by atoms with Crippen LogP contribution in [0.1, 0.15) is 84.1 Å². The number of aryl methyl sites for hydroxylation is 1. The van der Waals surface area contributed by atoms with Crippen molar-refractivity contribution in [3.8, 4) is 5.75 Å². The smallest absolute Gasteiger partial charge is 0.119 e. The SMILES string of the molecule is CCCCCCCCCc1ccc(OCC(C)OCCC(CC)ONO)cc1. The Morgan fingerprint density at radius 2 is 1.64 bits per heavy atom. The molecule has 1 rings (SSSR count). The minimum atomic E-state index is -0.0537. The molecule has 0 spiro atoms. The first-order chi connectivity index (χ1) is 13.7. The molecule has 0 heterocycles. The Hall–Kier alpha value is -1.14. The second-order valence-electron chi connectivity index (χ2n) is 7.54. The number of nitrogens with one attached hydrogen (secondary N) is 1. The summed E-state index contributed by atoms with van der Waals surface area (Å²) in [4.78, 5) is 4.96. The van der Waals surface area contributed by atoms with Crippen LogP contribution in [0.3, 0.4) is 0 Å². The summed E-state index contributed by atoms with van der Waals surface area (Å²) in [6.45, 7) is 7.36. The Kier molecular flexibility index (Phi) is 14.9. The van der Waals surface area contributed by atoms with Gasteiger partial charge in [-0.05, 0) is 50.3 Å². The molecule has 0 aliphatic heterocycles. The predicted octanol–water partition coefficient (Wildman–Crippen LogP) is 5.84. The van der Waals surface area contributed by atoms with Gasteiger partial charge in [0.1, 0.15) is 12.4 Å².